The van der Waals surface area contributed by atoms with Gasteiger partial charge in [-0.15, -0.1) is 0 Å². The van der Waals surface area contributed by atoms with Crippen LogP contribution in [0.25, 0.3) is 32.8 Å². The number of nitriles is 1. The van der Waals surface area contributed by atoms with E-state index in [1.165, 1.54) is 0 Å². The molecule has 1 aromatic heterocycles. The molecule has 1 N–H and O–H groups in total. The van der Waals surface area contributed by atoms with E-state index in [4.69, 9.17) is 24.2 Å². The van der Waals surface area contributed by atoms with E-state index in [1.807, 2.05) is 72.8 Å². The van der Waals surface area contributed by atoms with E-state index in [2.05, 4.69) is 34.1 Å². The third kappa shape index (κ3) is 6.57. The fourth-order valence-corrected chi connectivity index (χ4v) is 9.86. The second-order valence-corrected chi connectivity index (χ2v) is 16.1. The van der Waals surface area contributed by atoms with Crippen molar-refractivity contribution in [1.29, 1.82) is 5.26 Å². The van der Waals surface area contributed by atoms with Crippen LogP contribution in [0.1, 0.15) is 49.7 Å². The molecule has 1 amide bonds. The highest BCUT2D eigenvalue weighted by molar-refractivity contribution is 6.03. The summed E-state index contributed by atoms with van der Waals surface area (Å²) in [5.74, 6) is 2.34. The maximum absolute atomic E-state index is 12.3. The molecule has 4 fully saturated rings. The van der Waals surface area contributed by atoms with Crippen LogP contribution in [0, 0.1) is 11.3 Å². The van der Waals surface area contributed by atoms with Gasteiger partial charge in [0.25, 0.3) is 0 Å². The molecule has 5 aromatic carbocycles. The predicted octanol–water partition coefficient (Wildman–Crippen LogP) is 9.03. The van der Waals surface area contributed by atoms with Gasteiger partial charge in [0, 0.05) is 24.0 Å². The molecule has 0 aliphatic carbocycles. The van der Waals surface area contributed by atoms with Crippen LogP contribution in [0.4, 0.5) is 10.6 Å². The van der Waals surface area contributed by atoms with Gasteiger partial charge in [0.2, 0.25) is 0 Å². The van der Waals surface area contributed by atoms with E-state index < -0.39 is 6.09 Å². The summed E-state index contributed by atoms with van der Waals surface area (Å²) < 4.78 is 19.9. The molecule has 4 saturated heterocycles. The van der Waals surface area contributed by atoms with Crippen LogP contribution < -0.4 is 19.1 Å². The lowest BCUT2D eigenvalue weighted by atomic mass is 9.95. The Kier molecular flexibility index (Phi) is 9.21. The summed E-state index contributed by atoms with van der Waals surface area (Å²) in [4.78, 5) is 29.0. The van der Waals surface area contributed by atoms with Crippen molar-refractivity contribution in [2.45, 2.75) is 62.8 Å². The molecule has 11 heteroatoms. The van der Waals surface area contributed by atoms with Crippen LogP contribution in [0.15, 0.2) is 103 Å². The minimum absolute atomic E-state index is 0.000791. The molecule has 5 heterocycles. The van der Waals surface area contributed by atoms with E-state index >= 15 is 0 Å². The van der Waals surface area contributed by atoms with Crippen molar-refractivity contribution in [1.82, 2.24) is 19.8 Å². The van der Waals surface area contributed by atoms with Gasteiger partial charge in [-0.05, 0) is 110 Å². The number of hydrogen-bond acceptors (Lipinski definition) is 9. The van der Waals surface area contributed by atoms with Crippen LogP contribution in [0.5, 0.6) is 23.3 Å². The molecule has 4 aliphatic rings. The highest BCUT2D eigenvalue weighted by Crippen LogP contribution is 2.45. The molecule has 2 atom stereocenters. The zero-order valence-electron chi connectivity index (χ0n) is 32.2. The number of hydrogen-bond donors (Lipinski definition) is 1. The third-order valence-corrected chi connectivity index (χ3v) is 12.6. The van der Waals surface area contributed by atoms with Gasteiger partial charge in [-0.25, -0.2) is 4.79 Å². The molecule has 0 radical (unpaired) electrons. The second kappa shape index (κ2) is 14.8. The maximum Gasteiger partial charge on any atom is 0.407 e. The molecule has 0 spiro atoms. The number of piperazine rings is 1. The molecule has 2 bridgehead atoms. The van der Waals surface area contributed by atoms with E-state index in [0.29, 0.717) is 66.5 Å². The number of ether oxygens (including phenoxy) is 3. The Morgan fingerprint density at radius 1 is 0.810 bits per heavy atom. The van der Waals surface area contributed by atoms with Crippen LogP contribution in [0.3, 0.4) is 0 Å². The van der Waals surface area contributed by atoms with E-state index in [1.54, 1.807) is 17.0 Å². The number of benzene rings is 5. The summed E-state index contributed by atoms with van der Waals surface area (Å²) in [6.07, 6.45) is 5.24. The van der Waals surface area contributed by atoms with Gasteiger partial charge < -0.3 is 24.2 Å². The third-order valence-electron chi connectivity index (χ3n) is 12.6. The Hall–Kier alpha value is -6.38. The number of anilines is 1. The summed E-state index contributed by atoms with van der Waals surface area (Å²) in [7, 11) is 0. The highest BCUT2D eigenvalue weighted by atomic mass is 16.5. The van der Waals surface area contributed by atoms with Gasteiger partial charge >= 0.3 is 12.1 Å². The topological polar surface area (TPSA) is 124 Å². The highest BCUT2D eigenvalue weighted by Gasteiger charge is 2.46. The Labute approximate surface area is 337 Å². The van der Waals surface area contributed by atoms with E-state index in [-0.39, 0.29) is 17.6 Å². The van der Waals surface area contributed by atoms with Gasteiger partial charge in [0.05, 0.1) is 28.7 Å². The summed E-state index contributed by atoms with van der Waals surface area (Å²) in [6, 6.07) is 36.0. The van der Waals surface area contributed by atoms with E-state index in [0.717, 1.165) is 84.5 Å². The standard InChI is InChI=1S/C47H44N6O5/c48-26-33-13-5-7-15-42(33)58-43-25-40-41(24-39(43)38-23-36(22-32-12-4-6-14-37(32)38)56-29-31-10-2-1-3-11-31)49-45(57-30-47-18-8-20-52(47)21-9-19-47)50-44(40)51-27-34-16-17-35(28-51)53(34)46(54)55/h1-7,10-15,22-25,34-35H,8-9,16-21,27-30H2,(H,54,55)/t34-,35+. The number of para-hydroxylation sites is 1. The first-order chi connectivity index (χ1) is 28.4. The van der Waals surface area contributed by atoms with Crippen molar-refractivity contribution in [3.63, 3.8) is 0 Å². The average Bonchev–Trinajstić information content (AvgIpc) is 3.92. The molecule has 6 aromatic rings. The smallest absolute Gasteiger partial charge is 0.407 e. The minimum atomic E-state index is -0.876. The van der Waals surface area contributed by atoms with Crippen LogP contribution in [0.2, 0.25) is 0 Å². The number of carbonyl (C=O) groups is 1. The van der Waals surface area contributed by atoms with Crippen LogP contribution >= 0.6 is 0 Å². The fraction of sp³-hybridized carbons (Fsp3) is 0.319. The monoisotopic (exact) mass is 772 g/mol. The number of fused-ring (bicyclic) bond motifs is 5. The number of aromatic nitrogens is 2. The van der Waals surface area contributed by atoms with Gasteiger partial charge in [-0.1, -0.05) is 66.7 Å². The summed E-state index contributed by atoms with van der Waals surface area (Å²) in [5.41, 5.74) is 3.80. The number of carboxylic acid groups (broad SMARTS) is 1. The second-order valence-electron chi connectivity index (χ2n) is 16.1. The van der Waals surface area contributed by atoms with E-state index in [9.17, 15) is 15.2 Å². The Bertz CT molecular complexity index is 2550. The summed E-state index contributed by atoms with van der Waals surface area (Å²) in [5, 5.41) is 22.9. The van der Waals surface area contributed by atoms with Gasteiger partial charge in [-0.2, -0.15) is 15.2 Å². The molecule has 11 nitrogen and oxygen atoms in total. The molecule has 58 heavy (non-hydrogen) atoms. The molecule has 0 unspecified atom stereocenters. The fourth-order valence-electron chi connectivity index (χ4n) is 9.86. The normalized spacial score (nSPS) is 19.6. The molecule has 4 aliphatic heterocycles. The Morgan fingerprint density at radius 3 is 2.33 bits per heavy atom. The molecule has 10 rings (SSSR count). The van der Waals surface area contributed by atoms with Crippen molar-refractivity contribution >= 4 is 33.6 Å². The molecular formula is C47H44N6O5. The van der Waals surface area contributed by atoms with Gasteiger partial charge in [0.1, 0.15) is 42.3 Å². The summed E-state index contributed by atoms with van der Waals surface area (Å²) >= 11 is 0. The van der Waals surface area contributed by atoms with Crippen molar-refractivity contribution in [3.8, 4) is 40.5 Å². The lowest BCUT2D eigenvalue weighted by Crippen LogP contribution is -2.55. The van der Waals surface area contributed by atoms with Crippen LogP contribution in [-0.4, -0.2) is 81.4 Å². The molecular weight excluding hydrogens is 729 g/mol. The SMILES string of the molecule is N#Cc1ccccc1Oc1cc2c(N3C[C@H]4CC[C@@H](C3)N4C(=O)O)nc(OCC34CCCN3CCC4)nc2cc1-c1cc(OCc2ccccc2)cc2ccccc12. The van der Waals surface area contributed by atoms with Crippen molar-refractivity contribution in [2.75, 3.05) is 37.7 Å². The van der Waals surface area contributed by atoms with Gasteiger partial charge in [0.15, 0.2) is 0 Å². The first-order valence-corrected chi connectivity index (χ1v) is 20.3. The Morgan fingerprint density at radius 2 is 1.55 bits per heavy atom. The molecule has 0 saturated carbocycles. The lowest BCUT2D eigenvalue weighted by Gasteiger charge is -2.40. The maximum atomic E-state index is 12.3. The van der Waals surface area contributed by atoms with Crippen molar-refractivity contribution in [3.05, 3.63) is 114 Å². The lowest BCUT2D eigenvalue weighted by molar-refractivity contribution is 0.107. The van der Waals surface area contributed by atoms with Gasteiger partial charge in [-0.3, -0.25) is 9.80 Å². The summed E-state index contributed by atoms with van der Waals surface area (Å²) in [6.45, 7) is 4.11. The van der Waals surface area contributed by atoms with Crippen LogP contribution in [-0.2, 0) is 6.61 Å². The Balaban J connectivity index is 1.14. The predicted molar refractivity (Wildman–Crippen MR) is 222 cm³/mol. The first-order valence-electron chi connectivity index (χ1n) is 20.3. The van der Waals surface area contributed by atoms with Crippen molar-refractivity contribution in [2.24, 2.45) is 0 Å². The van der Waals surface area contributed by atoms with Crippen molar-refractivity contribution < 1.29 is 24.1 Å². The zero-order chi connectivity index (χ0) is 39.2. The first kappa shape index (κ1) is 36.0. The molecule has 292 valence electrons. The quantitative estimate of drug-likeness (QED) is 0.144. The number of nitrogens with zero attached hydrogens (tertiary/aromatic N) is 6. The number of amides is 1. The minimum Gasteiger partial charge on any atom is -0.489 e. The number of rotatable bonds is 10. The largest absolute Gasteiger partial charge is 0.489 e. The average molecular weight is 773 g/mol. The zero-order valence-corrected chi connectivity index (χ0v) is 32.2.